The second-order valence-electron chi connectivity index (χ2n) is 7.28. The quantitative estimate of drug-likeness (QED) is 0.857. The zero-order valence-corrected chi connectivity index (χ0v) is 15.5. The smallest absolute Gasteiger partial charge is 0.255 e. The van der Waals surface area contributed by atoms with Gasteiger partial charge in [0.25, 0.3) is 11.8 Å². The highest BCUT2D eigenvalue weighted by molar-refractivity contribution is 5.98. The van der Waals surface area contributed by atoms with Crippen molar-refractivity contribution >= 4 is 23.5 Å². The SMILES string of the molecule is O=C1NCc2cc(N3CCOc4cc(C(=O)N5CCCCC5)cnc43)ncc21. The van der Waals surface area contributed by atoms with Crippen LogP contribution in [0.4, 0.5) is 11.6 Å². The first-order valence-electron chi connectivity index (χ1n) is 9.67. The Hall–Kier alpha value is -3.16. The number of piperidine rings is 1. The Morgan fingerprint density at radius 1 is 1.07 bits per heavy atom. The van der Waals surface area contributed by atoms with Crippen molar-refractivity contribution in [2.75, 3.05) is 31.1 Å². The highest BCUT2D eigenvalue weighted by Crippen LogP contribution is 2.35. The lowest BCUT2D eigenvalue weighted by Gasteiger charge is -2.30. The summed E-state index contributed by atoms with van der Waals surface area (Å²) < 4.78 is 5.79. The summed E-state index contributed by atoms with van der Waals surface area (Å²) in [6.45, 7) is 3.19. The molecule has 28 heavy (non-hydrogen) atoms. The monoisotopic (exact) mass is 379 g/mol. The van der Waals surface area contributed by atoms with Gasteiger partial charge in [-0.05, 0) is 37.0 Å². The number of nitrogens with zero attached hydrogens (tertiary/aromatic N) is 4. The van der Waals surface area contributed by atoms with Crippen LogP contribution < -0.4 is 15.0 Å². The van der Waals surface area contributed by atoms with E-state index in [1.54, 1.807) is 18.5 Å². The molecule has 3 aliphatic rings. The van der Waals surface area contributed by atoms with E-state index in [4.69, 9.17) is 4.74 Å². The number of amides is 2. The molecule has 3 aliphatic heterocycles. The summed E-state index contributed by atoms with van der Waals surface area (Å²) in [5.74, 6) is 1.88. The fourth-order valence-corrected chi connectivity index (χ4v) is 3.97. The number of carbonyl (C=O) groups is 2. The molecule has 0 atom stereocenters. The fraction of sp³-hybridized carbons (Fsp3) is 0.400. The lowest BCUT2D eigenvalue weighted by atomic mass is 10.1. The molecule has 1 fully saturated rings. The van der Waals surface area contributed by atoms with Crippen LogP contribution in [0, 0.1) is 0 Å². The van der Waals surface area contributed by atoms with E-state index in [0.717, 1.165) is 37.3 Å². The van der Waals surface area contributed by atoms with Crippen LogP contribution in [-0.2, 0) is 6.54 Å². The van der Waals surface area contributed by atoms with Crippen LogP contribution >= 0.6 is 0 Å². The maximum Gasteiger partial charge on any atom is 0.255 e. The molecule has 8 nitrogen and oxygen atoms in total. The Kier molecular flexibility index (Phi) is 4.11. The lowest BCUT2D eigenvalue weighted by Crippen LogP contribution is -2.36. The summed E-state index contributed by atoms with van der Waals surface area (Å²) in [5.41, 5.74) is 2.10. The minimum atomic E-state index is -0.0876. The van der Waals surface area contributed by atoms with Crippen molar-refractivity contribution in [2.45, 2.75) is 25.8 Å². The van der Waals surface area contributed by atoms with Gasteiger partial charge in [-0.2, -0.15) is 0 Å². The van der Waals surface area contributed by atoms with Gasteiger partial charge in [0.15, 0.2) is 11.6 Å². The molecular formula is C20H21N5O3. The molecule has 0 unspecified atom stereocenters. The molecule has 1 saturated heterocycles. The molecule has 8 heteroatoms. The molecule has 2 aromatic heterocycles. The minimum Gasteiger partial charge on any atom is -0.488 e. The Labute approximate surface area is 162 Å². The van der Waals surface area contributed by atoms with Gasteiger partial charge in [-0.1, -0.05) is 0 Å². The molecule has 0 aliphatic carbocycles. The highest BCUT2D eigenvalue weighted by Gasteiger charge is 2.27. The number of pyridine rings is 2. The number of anilines is 2. The van der Waals surface area contributed by atoms with Crippen molar-refractivity contribution in [3.8, 4) is 5.75 Å². The Morgan fingerprint density at radius 3 is 2.79 bits per heavy atom. The van der Waals surface area contributed by atoms with E-state index in [0.29, 0.717) is 42.4 Å². The molecular weight excluding hydrogens is 358 g/mol. The van der Waals surface area contributed by atoms with Crippen LogP contribution in [-0.4, -0.2) is 52.9 Å². The van der Waals surface area contributed by atoms with Gasteiger partial charge in [-0.3, -0.25) is 9.59 Å². The number of fused-ring (bicyclic) bond motifs is 2. The van der Waals surface area contributed by atoms with Crippen LogP contribution in [0.5, 0.6) is 5.75 Å². The lowest BCUT2D eigenvalue weighted by molar-refractivity contribution is 0.0723. The molecule has 144 valence electrons. The van der Waals surface area contributed by atoms with Gasteiger partial charge in [-0.25, -0.2) is 9.97 Å². The summed E-state index contributed by atoms with van der Waals surface area (Å²) in [6.07, 6.45) is 6.51. The number of hydrogen-bond acceptors (Lipinski definition) is 6. The zero-order chi connectivity index (χ0) is 19.1. The Bertz CT molecular complexity index is 955. The summed E-state index contributed by atoms with van der Waals surface area (Å²) >= 11 is 0. The standard InChI is InChI=1S/C20H21N5O3/c26-19-15-12-21-17(9-13(15)10-23-19)25-6-7-28-16-8-14(11-22-18(16)25)20(27)24-4-2-1-3-5-24/h8-9,11-12H,1-7,10H2,(H,23,26). The van der Waals surface area contributed by atoms with Gasteiger partial charge in [-0.15, -0.1) is 0 Å². The van der Waals surface area contributed by atoms with Crippen molar-refractivity contribution in [1.82, 2.24) is 20.2 Å². The van der Waals surface area contributed by atoms with E-state index in [-0.39, 0.29) is 11.8 Å². The fourth-order valence-electron chi connectivity index (χ4n) is 3.97. The van der Waals surface area contributed by atoms with Gasteiger partial charge in [0.1, 0.15) is 12.4 Å². The molecule has 0 spiro atoms. The predicted molar refractivity (Wildman–Crippen MR) is 102 cm³/mol. The number of likely N-dealkylation sites (tertiary alicyclic amines) is 1. The molecule has 5 heterocycles. The summed E-state index contributed by atoms with van der Waals surface area (Å²) in [4.78, 5) is 37.4. The van der Waals surface area contributed by atoms with E-state index >= 15 is 0 Å². The Morgan fingerprint density at radius 2 is 1.93 bits per heavy atom. The third-order valence-corrected chi connectivity index (χ3v) is 5.49. The molecule has 2 amide bonds. The molecule has 2 aromatic rings. The number of nitrogens with one attached hydrogen (secondary N) is 1. The van der Waals surface area contributed by atoms with Gasteiger partial charge >= 0.3 is 0 Å². The molecule has 0 radical (unpaired) electrons. The van der Waals surface area contributed by atoms with Gasteiger partial charge < -0.3 is 19.9 Å². The van der Waals surface area contributed by atoms with E-state index in [9.17, 15) is 9.59 Å². The van der Waals surface area contributed by atoms with Gasteiger partial charge in [0.2, 0.25) is 0 Å². The van der Waals surface area contributed by atoms with Gasteiger partial charge in [0, 0.05) is 32.0 Å². The van der Waals surface area contributed by atoms with Crippen LogP contribution in [0.15, 0.2) is 24.5 Å². The first-order chi connectivity index (χ1) is 13.7. The van der Waals surface area contributed by atoms with E-state index in [1.165, 1.54) is 6.42 Å². The second kappa shape index (κ2) is 6.78. The molecule has 0 saturated carbocycles. The largest absolute Gasteiger partial charge is 0.488 e. The van der Waals surface area contributed by atoms with E-state index in [2.05, 4.69) is 15.3 Å². The molecule has 1 N–H and O–H groups in total. The Balaban J connectivity index is 1.44. The topological polar surface area (TPSA) is 87.7 Å². The zero-order valence-electron chi connectivity index (χ0n) is 15.5. The van der Waals surface area contributed by atoms with Crippen LogP contribution in [0.2, 0.25) is 0 Å². The minimum absolute atomic E-state index is 0.0102. The maximum absolute atomic E-state index is 12.8. The number of hydrogen-bond donors (Lipinski definition) is 1. The average Bonchev–Trinajstić information content (AvgIpc) is 3.13. The first-order valence-corrected chi connectivity index (χ1v) is 9.67. The van der Waals surface area contributed by atoms with Crippen molar-refractivity contribution in [3.63, 3.8) is 0 Å². The van der Waals surface area contributed by atoms with Crippen LogP contribution in [0.1, 0.15) is 45.5 Å². The normalized spacial score (nSPS) is 18.2. The summed E-state index contributed by atoms with van der Waals surface area (Å²) in [7, 11) is 0. The van der Waals surface area contributed by atoms with E-state index < -0.39 is 0 Å². The first kappa shape index (κ1) is 17.0. The predicted octanol–water partition coefficient (Wildman–Crippen LogP) is 1.88. The number of carbonyl (C=O) groups excluding carboxylic acids is 2. The third-order valence-electron chi connectivity index (χ3n) is 5.49. The molecule has 5 rings (SSSR count). The van der Waals surface area contributed by atoms with Crippen molar-refractivity contribution in [1.29, 1.82) is 0 Å². The number of aromatic nitrogens is 2. The van der Waals surface area contributed by atoms with Crippen LogP contribution in [0.3, 0.4) is 0 Å². The number of ether oxygens (including phenoxy) is 1. The van der Waals surface area contributed by atoms with E-state index in [1.807, 2.05) is 15.9 Å². The van der Waals surface area contributed by atoms with Crippen molar-refractivity contribution < 1.29 is 14.3 Å². The van der Waals surface area contributed by atoms with Crippen LogP contribution in [0.25, 0.3) is 0 Å². The molecule has 0 aromatic carbocycles. The number of rotatable bonds is 2. The van der Waals surface area contributed by atoms with Crippen molar-refractivity contribution in [3.05, 3.63) is 41.2 Å². The summed E-state index contributed by atoms with van der Waals surface area (Å²) in [5, 5.41) is 2.81. The van der Waals surface area contributed by atoms with Gasteiger partial charge in [0.05, 0.1) is 17.7 Å². The summed E-state index contributed by atoms with van der Waals surface area (Å²) in [6, 6.07) is 3.70. The maximum atomic E-state index is 12.8. The molecule has 0 bridgehead atoms. The third kappa shape index (κ3) is 2.85. The highest BCUT2D eigenvalue weighted by atomic mass is 16.5. The average molecular weight is 379 g/mol. The van der Waals surface area contributed by atoms with Crippen molar-refractivity contribution in [2.24, 2.45) is 0 Å². The second-order valence-corrected chi connectivity index (χ2v) is 7.28.